The number of hydrogen-bond acceptors (Lipinski definition) is 7. The van der Waals surface area contributed by atoms with E-state index in [-0.39, 0.29) is 17.1 Å². The summed E-state index contributed by atoms with van der Waals surface area (Å²) in [5.41, 5.74) is 2.71. The minimum Gasteiger partial charge on any atom is -0.486 e. The number of nitrogens with zero attached hydrogens (tertiary/aromatic N) is 4. The van der Waals surface area contributed by atoms with E-state index in [1.54, 1.807) is 17.0 Å². The lowest BCUT2D eigenvalue weighted by molar-refractivity contribution is 0.0996. The molecule has 1 aliphatic rings. The van der Waals surface area contributed by atoms with Crippen molar-refractivity contribution in [1.29, 1.82) is 0 Å². The summed E-state index contributed by atoms with van der Waals surface area (Å²) >= 11 is 0. The lowest BCUT2D eigenvalue weighted by Crippen LogP contribution is -2.35. The number of benzene rings is 2. The molecule has 0 amide bonds. The summed E-state index contributed by atoms with van der Waals surface area (Å²) in [5, 5.41) is 11.5. The minimum absolute atomic E-state index is 0.0719. The number of aromatic nitrogens is 5. The summed E-state index contributed by atoms with van der Waals surface area (Å²) in [6, 6.07) is 15.6. The Hall–Kier alpha value is -4.40. The molecule has 0 spiro atoms. The van der Waals surface area contributed by atoms with Gasteiger partial charge in [-0.3, -0.25) is 14.5 Å². The molecule has 1 atom stereocenters. The molecule has 9 heteroatoms. The maximum atomic E-state index is 13.6. The molecule has 2 N–H and O–H groups in total. The van der Waals surface area contributed by atoms with Gasteiger partial charge < -0.3 is 14.8 Å². The van der Waals surface area contributed by atoms with Crippen LogP contribution in [-0.4, -0.2) is 44.0 Å². The summed E-state index contributed by atoms with van der Waals surface area (Å²) in [7, 11) is 0. The summed E-state index contributed by atoms with van der Waals surface area (Å²) in [6.45, 7) is 7.29. The second kappa shape index (κ2) is 8.37. The fourth-order valence-electron chi connectivity index (χ4n) is 4.39. The van der Waals surface area contributed by atoms with Crippen molar-refractivity contribution in [3.8, 4) is 17.2 Å². The fraction of sp³-hybridized carbons (Fsp3) is 0.259. The van der Waals surface area contributed by atoms with Crippen molar-refractivity contribution in [1.82, 2.24) is 24.7 Å². The highest BCUT2D eigenvalue weighted by atomic mass is 16.6. The van der Waals surface area contributed by atoms with Crippen LogP contribution in [0.4, 0.5) is 5.95 Å². The number of pyridine rings is 1. The molecule has 36 heavy (non-hydrogen) atoms. The highest BCUT2D eigenvalue weighted by molar-refractivity contribution is 6.02. The number of para-hydroxylation sites is 2. The molecule has 5 aromatic rings. The number of aromatic amines is 1. The number of fused-ring (bicyclic) bond motifs is 4. The standard InChI is InChI=1S/C27H26N6O3/c1-27(2,3)16-7-6-8-17(11-16)33-24-19(23-20(25(33)34)14-30-32-23)13-29-26(31-24)28-12-18-15-35-21-9-4-5-10-22(21)36-18/h4-11,13-14,18H,12,15H2,1-3H3,(H,30,32)(H,28,29,31). The molecule has 1 unspecified atom stereocenters. The number of ether oxygens (including phenoxy) is 2. The third-order valence-corrected chi connectivity index (χ3v) is 6.35. The second-order valence-electron chi connectivity index (χ2n) is 9.91. The van der Waals surface area contributed by atoms with Gasteiger partial charge in [-0.05, 0) is 35.2 Å². The van der Waals surface area contributed by atoms with Crippen LogP contribution in [0.25, 0.3) is 27.6 Å². The van der Waals surface area contributed by atoms with Gasteiger partial charge in [0, 0.05) is 6.20 Å². The molecule has 2 aromatic carbocycles. The molecular formula is C27H26N6O3. The molecule has 182 valence electrons. The Labute approximate surface area is 207 Å². The highest BCUT2D eigenvalue weighted by Crippen LogP contribution is 2.31. The van der Waals surface area contributed by atoms with E-state index in [9.17, 15) is 4.79 Å². The van der Waals surface area contributed by atoms with Gasteiger partial charge in [0.1, 0.15) is 12.7 Å². The first-order chi connectivity index (χ1) is 17.4. The van der Waals surface area contributed by atoms with Gasteiger partial charge in [-0.15, -0.1) is 0 Å². The molecule has 0 saturated carbocycles. The Balaban J connectivity index is 1.40. The third kappa shape index (κ3) is 3.82. The first-order valence-electron chi connectivity index (χ1n) is 11.9. The fourth-order valence-corrected chi connectivity index (χ4v) is 4.39. The van der Waals surface area contributed by atoms with Crippen LogP contribution in [0.15, 0.2) is 65.7 Å². The zero-order valence-electron chi connectivity index (χ0n) is 20.3. The first-order valence-corrected chi connectivity index (χ1v) is 11.9. The van der Waals surface area contributed by atoms with Crippen molar-refractivity contribution in [3.05, 3.63) is 76.8 Å². The van der Waals surface area contributed by atoms with Crippen molar-refractivity contribution in [2.75, 3.05) is 18.5 Å². The predicted octanol–water partition coefficient (Wildman–Crippen LogP) is 4.21. The van der Waals surface area contributed by atoms with Gasteiger partial charge >= 0.3 is 0 Å². The third-order valence-electron chi connectivity index (χ3n) is 6.35. The van der Waals surface area contributed by atoms with Gasteiger partial charge in [-0.2, -0.15) is 10.1 Å². The summed E-state index contributed by atoms with van der Waals surface area (Å²) < 4.78 is 13.5. The van der Waals surface area contributed by atoms with E-state index < -0.39 is 0 Å². The van der Waals surface area contributed by atoms with Gasteiger partial charge in [-0.25, -0.2) is 4.98 Å². The van der Waals surface area contributed by atoms with Gasteiger partial charge in [0.15, 0.2) is 17.1 Å². The number of nitrogens with one attached hydrogen (secondary N) is 2. The minimum atomic E-state index is -0.208. The highest BCUT2D eigenvalue weighted by Gasteiger charge is 2.22. The van der Waals surface area contributed by atoms with E-state index in [0.29, 0.717) is 46.8 Å². The Kier molecular flexibility index (Phi) is 5.13. The van der Waals surface area contributed by atoms with Crippen LogP contribution in [0, 0.1) is 0 Å². The quantitative estimate of drug-likeness (QED) is 0.395. The average Bonchev–Trinajstić information content (AvgIpc) is 3.38. The lowest BCUT2D eigenvalue weighted by atomic mass is 9.87. The van der Waals surface area contributed by atoms with Crippen LogP contribution >= 0.6 is 0 Å². The SMILES string of the molecule is CC(C)(C)c1cccc(-n2c(=O)c3cn[nH]c3c3cnc(NCC4COc5ccccc5O4)nc32)c1. The topological polar surface area (TPSA) is 107 Å². The van der Waals surface area contributed by atoms with E-state index >= 15 is 0 Å². The first kappa shape index (κ1) is 22.1. The zero-order chi connectivity index (χ0) is 24.9. The van der Waals surface area contributed by atoms with Gasteiger partial charge in [0.25, 0.3) is 5.56 Å². The van der Waals surface area contributed by atoms with E-state index in [1.807, 2.05) is 42.5 Å². The molecular weight excluding hydrogens is 456 g/mol. The van der Waals surface area contributed by atoms with Crippen LogP contribution < -0.4 is 20.3 Å². The summed E-state index contributed by atoms with van der Waals surface area (Å²) in [6.07, 6.45) is 3.05. The second-order valence-corrected chi connectivity index (χ2v) is 9.91. The van der Waals surface area contributed by atoms with E-state index in [1.165, 1.54) is 0 Å². The van der Waals surface area contributed by atoms with E-state index in [4.69, 9.17) is 14.5 Å². The van der Waals surface area contributed by atoms with Crippen LogP contribution in [0.3, 0.4) is 0 Å². The molecule has 6 rings (SSSR count). The smallest absolute Gasteiger partial charge is 0.267 e. The number of hydrogen-bond donors (Lipinski definition) is 2. The average molecular weight is 483 g/mol. The maximum Gasteiger partial charge on any atom is 0.267 e. The largest absolute Gasteiger partial charge is 0.486 e. The molecule has 0 saturated heterocycles. The van der Waals surface area contributed by atoms with Gasteiger partial charge in [0.05, 0.1) is 34.7 Å². The van der Waals surface area contributed by atoms with Crippen molar-refractivity contribution < 1.29 is 9.47 Å². The normalized spacial score (nSPS) is 15.4. The Morgan fingerprint density at radius 2 is 1.92 bits per heavy atom. The van der Waals surface area contributed by atoms with Gasteiger partial charge in [-0.1, -0.05) is 45.0 Å². The van der Waals surface area contributed by atoms with Crippen LogP contribution in [0.5, 0.6) is 11.5 Å². The van der Waals surface area contributed by atoms with Gasteiger partial charge in [0.2, 0.25) is 5.95 Å². The number of anilines is 1. The van der Waals surface area contributed by atoms with Crippen molar-refractivity contribution in [3.63, 3.8) is 0 Å². The molecule has 0 fully saturated rings. The number of rotatable bonds is 4. The van der Waals surface area contributed by atoms with Crippen LogP contribution in [-0.2, 0) is 5.41 Å². The predicted molar refractivity (Wildman–Crippen MR) is 138 cm³/mol. The molecule has 9 nitrogen and oxygen atoms in total. The molecule has 4 heterocycles. The Morgan fingerprint density at radius 1 is 1.08 bits per heavy atom. The number of H-pyrrole nitrogens is 1. The van der Waals surface area contributed by atoms with Crippen LogP contribution in [0.2, 0.25) is 0 Å². The molecule has 1 aliphatic heterocycles. The maximum absolute atomic E-state index is 13.6. The van der Waals surface area contributed by atoms with Crippen molar-refractivity contribution in [2.24, 2.45) is 0 Å². The molecule has 0 aliphatic carbocycles. The Bertz CT molecular complexity index is 1650. The van der Waals surface area contributed by atoms with Crippen molar-refractivity contribution >= 4 is 27.9 Å². The van der Waals surface area contributed by atoms with Crippen molar-refractivity contribution in [2.45, 2.75) is 32.3 Å². The monoisotopic (exact) mass is 482 g/mol. The summed E-state index contributed by atoms with van der Waals surface area (Å²) in [4.78, 5) is 22.8. The van der Waals surface area contributed by atoms with Crippen LogP contribution in [0.1, 0.15) is 26.3 Å². The van der Waals surface area contributed by atoms with E-state index in [2.05, 4.69) is 47.3 Å². The lowest BCUT2D eigenvalue weighted by Gasteiger charge is -2.26. The zero-order valence-corrected chi connectivity index (χ0v) is 20.3. The molecule has 0 radical (unpaired) electrons. The summed E-state index contributed by atoms with van der Waals surface area (Å²) in [5.74, 6) is 1.84. The van der Waals surface area contributed by atoms with E-state index in [0.717, 1.165) is 17.0 Å². The molecule has 3 aromatic heterocycles. The Morgan fingerprint density at radius 3 is 2.75 bits per heavy atom. The molecule has 0 bridgehead atoms.